The quantitative estimate of drug-likeness (QED) is 0.856. The Balaban J connectivity index is 1.80. The molecule has 0 aliphatic heterocycles. The van der Waals surface area contributed by atoms with E-state index in [1.54, 1.807) is 13.8 Å². The third-order valence-corrected chi connectivity index (χ3v) is 6.22. The second-order valence-corrected chi connectivity index (χ2v) is 7.38. The number of carbonyl (C=O) groups is 2. The largest absolute Gasteiger partial charge is 0.462 e. The van der Waals surface area contributed by atoms with Crippen molar-refractivity contribution in [2.45, 2.75) is 39.5 Å². The van der Waals surface area contributed by atoms with Gasteiger partial charge in [0.1, 0.15) is 15.9 Å². The maximum atomic E-state index is 12.6. The fraction of sp³-hybridized carbons (Fsp3) is 0.588. The average Bonchev–Trinajstić information content (AvgIpc) is 3.22. The zero-order chi connectivity index (χ0) is 16.6. The van der Waals surface area contributed by atoms with E-state index in [0.717, 1.165) is 30.6 Å². The molecular weight excluding hydrogens is 312 g/mol. The van der Waals surface area contributed by atoms with E-state index in [-0.39, 0.29) is 18.4 Å². The number of carbonyl (C=O) groups excluding carboxylic acids is 2. The Kier molecular flexibility index (Phi) is 4.40. The number of nitriles is 1. The zero-order valence-electron chi connectivity index (χ0n) is 13.3. The maximum Gasteiger partial charge on any atom is 0.348 e. The highest BCUT2D eigenvalue weighted by molar-refractivity contribution is 7.18. The maximum absolute atomic E-state index is 12.6. The molecule has 1 N–H and O–H groups in total. The van der Waals surface area contributed by atoms with E-state index in [1.165, 1.54) is 6.42 Å². The molecule has 0 spiro atoms. The first-order valence-corrected chi connectivity index (χ1v) is 8.88. The Bertz CT molecular complexity index is 689. The number of fused-ring (bicyclic) bond motifs is 2. The third kappa shape index (κ3) is 2.86. The summed E-state index contributed by atoms with van der Waals surface area (Å²) in [6.45, 7) is 3.74. The van der Waals surface area contributed by atoms with Crippen LogP contribution in [-0.2, 0) is 9.53 Å². The van der Waals surface area contributed by atoms with Crippen molar-refractivity contribution in [3.63, 3.8) is 0 Å². The molecule has 3 atom stereocenters. The Hall–Kier alpha value is -1.87. The van der Waals surface area contributed by atoms with Gasteiger partial charge in [0.2, 0.25) is 5.91 Å². The van der Waals surface area contributed by atoms with Crippen LogP contribution in [0, 0.1) is 36.0 Å². The molecule has 1 amide bonds. The number of hydrogen-bond donors (Lipinski definition) is 1. The van der Waals surface area contributed by atoms with Gasteiger partial charge in [0, 0.05) is 5.92 Å². The number of hydrogen-bond acceptors (Lipinski definition) is 5. The number of amides is 1. The van der Waals surface area contributed by atoms with Gasteiger partial charge in [-0.2, -0.15) is 5.26 Å². The number of nitrogens with zero attached hydrogens (tertiary/aromatic N) is 1. The van der Waals surface area contributed by atoms with E-state index in [1.807, 2.05) is 0 Å². The Morgan fingerprint density at radius 1 is 1.39 bits per heavy atom. The topological polar surface area (TPSA) is 79.2 Å². The lowest BCUT2D eigenvalue weighted by atomic mass is 9.88. The molecule has 6 heteroatoms. The van der Waals surface area contributed by atoms with Gasteiger partial charge in [0.15, 0.2) is 0 Å². The first kappa shape index (κ1) is 16.0. The van der Waals surface area contributed by atoms with Crippen LogP contribution in [-0.4, -0.2) is 18.5 Å². The predicted octanol–water partition coefficient (Wildman–Crippen LogP) is 3.48. The molecule has 2 aliphatic rings. The van der Waals surface area contributed by atoms with Crippen LogP contribution in [0.25, 0.3) is 0 Å². The summed E-state index contributed by atoms with van der Waals surface area (Å²) in [7, 11) is 0. The fourth-order valence-electron chi connectivity index (χ4n) is 3.90. The van der Waals surface area contributed by atoms with Crippen molar-refractivity contribution >= 4 is 28.2 Å². The number of esters is 1. The van der Waals surface area contributed by atoms with Crippen molar-refractivity contribution in [2.24, 2.45) is 17.8 Å². The van der Waals surface area contributed by atoms with Crippen LogP contribution < -0.4 is 5.32 Å². The van der Waals surface area contributed by atoms with E-state index in [0.29, 0.717) is 32.8 Å². The summed E-state index contributed by atoms with van der Waals surface area (Å²) in [5.41, 5.74) is 0.953. The van der Waals surface area contributed by atoms with Gasteiger partial charge < -0.3 is 10.1 Å². The summed E-state index contributed by atoms with van der Waals surface area (Å²) in [6, 6.07) is 2.10. The number of nitrogens with one attached hydrogen (secondary N) is 1. The summed E-state index contributed by atoms with van der Waals surface area (Å²) < 4.78 is 5.02. The van der Waals surface area contributed by atoms with Crippen molar-refractivity contribution in [3.8, 4) is 6.07 Å². The predicted molar refractivity (Wildman–Crippen MR) is 87.3 cm³/mol. The van der Waals surface area contributed by atoms with Gasteiger partial charge >= 0.3 is 5.97 Å². The van der Waals surface area contributed by atoms with Crippen molar-refractivity contribution in [1.82, 2.24) is 0 Å². The van der Waals surface area contributed by atoms with Gasteiger partial charge in [-0.25, -0.2) is 4.79 Å². The molecule has 1 aromatic rings. The highest BCUT2D eigenvalue weighted by Gasteiger charge is 2.43. The normalized spacial score (nSPS) is 25.2. The van der Waals surface area contributed by atoms with Crippen LogP contribution in [0.15, 0.2) is 0 Å². The molecule has 122 valence electrons. The van der Waals surface area contributed by atoms with Crippen molar-refractivity contribution < 1.29 is 14.3 Å². The van der Waals surface area contributed by atoms with Crippen LogP contribution in [0.2, 0.25) is 0 Å². The Labute approximate surface area is 139 Å². The first-order chi connectivity index (χ1) is 11.0. The van der Waals surface area contributed by atoms with E-state index >= 15 is 0 Å². The lowest BCUT2D eigenvalue weighted by Gasteiger charge is -2.20. The van der Waals surface area contributed by atoms with Gasteiger partial charge in [-0.3, -0.25) is 4.79 Å². The Morgan fingerprint density at radius 3 is 2.74 bits per heavy atom. The van der Waals surface area contributed by atoms with E-state index in [2.05, 4.69) is 11.4 Å². The highest BCUT2D eigenvalue weighted by Crippen LogP contribution is 2.48. The summed E-state index contributed by atoms with van der Waals surface area (Å²) >= 11 is 1.14. The van der Waals surface area contributed by atoms with Crippen molar-refractivity contribution in [2.75, 3.05) is 11.9 Å². The molecule has 1 aromatic heterocycles. The van der Waals surface area contributed by atoms with Crippen LogP contribution in [0.4, 0.5) is 5.00 Å². The summed E-state index contributed by atoms with van der Waals surface area (Å²) in [4.78, 5) is 24.9. The second-order valence-electron chi connectivity index (χ2n) is 6.36. The first-order valence-electron chi connectivity index (χ1n) is 8.06. The number of thiophene rings is 1. The molecule has 0 radical (unpaired) electrons. The standard InChI is InChI=1S/C17H20N2O3S/c1-3-22-17(21)14-9(2)13(8-18)16(23-14)19-15(20)12-7-10-4-5-11(12)6-10/h10-12H,3-7H2,1-2H3,(H,19,20)/t10-,11-,12-/m1/s1. The van der Waals surface area contributed by atoms with E-state index in [4.69, 9.17) is 4.74 Å². The fourth-order valence-corrected chi connectivity index (χ4v) is 4.95. The molecule has 2 bridgehead atoms. The molecule has 3 rings (SSSR count). The van der Waals surface area contributed by atoms with Gasteiger partial charge in [-0.05, 0) is 50.5 Å². The summed E-state index contributed by atoms with van der Waals surface area (Å²) in [5.74, 6) is 0.772. The third-order valence-electron chi connectivity index (χ3n) is 5.03. The number of anilines is 1. The van der Waals surface area contributed by atoms with Gasteiger partial charge in [-0.15, -0.1) is 11.3 Å². The van der Waals surface area contributed by atoms with E-state index < -0.39 is 5.97 Å². The molecule has 0 unspecified atom stereocenters. The van der Waals surface area contributed by atoms with Gasteiger partial charge in [-0.1, -0.05) is 6.42 Å². The van der Waals surface area contributed by atoms with Crippen molar-refractivity contribution in [1.29, 1.82) is 5.26 Å². The zero-order valence-corrected chi connectivity index (χ0v) is 14.2. The molecule has 2 aliphatic carbocycles. The average molecular weight is 332 g/mol. The molecule has 0 aromatic carbocycles. The minimum atomic E-state index is -0.438. The molecule has 2 fully saturated rings. The van der Waals surface area contributed by atoms with Crippen LogP contribution in [0.3, 0.4) is 0 Å². The molecular formula is C17H20N2O3S. The number of rotatable bonds is 4. The SMILES string of the molecule is CCOC(=O)c1sc(NC(=O)[C@@H]2C[C@@H]3CC[C@@H]2C3)c(C#N)c1C. The molecule has 23 heavy (non-hydrogen) atoms. The monoisotopic (exact) mass is 332 g/mol. The molecule has 5 nitrogen and oxygen atoms in total. The van der Waals surface area contributed by atoms with Crippen LogP contribution in [0.1, 0.15) is 53.4 Å². The summed E-state index contributed by atoms with van der Waals surface area (Å²) in [5, 5.41) is 12.7. The van der Waals surface area contributed by atoms with Crippen molar-refractivity contribution in [3.05, 3.63) is 16.0 Å². The minimum absolute atomic E-state index is 0.00893. The lowest BCUT2D eigenvalue weighted by molar-refractivity contribution is -0.121. The second kappa shape index (κ2) is 6.32. The smallest absolute Gasteiger partial charge is 0.348 e. The van der Waals surface area contributed by atoms with Gasteiger partial charge in [0.25, 0.3) is 0 Å². The minimum Gasteiger partial charge on any atom is -0.462 e. The molecule has 2 saturated carbocycles. The molecule has 1 heterocycles. The van der Waals surface area contributed by atoms with Gasteiger partial charge in [0.05, 0.1) is 12.2 Å². The van der Waals surface area contributed by atoms with E-state index in [9.17, 15) is 14.9 Å². The summed E-state index contributed by atoms with van der Waals surface area (Å²) in [6.07, 6.45) is 4.47. The highest BCUT2D eigenvalue weighted by atomic mass is 32.1. The number of ether oxygens (including phenoxy) is 1. The van der Waals surface area contributed by atoms with Crippen LogP contribution >= 0.6 is 11.3 Å². The lowest BCUT2D eigenvalue weighted by Crippen LogP contribution is -2.27. The Morgan fingerprint density at radius 2 is 2.17 bits per heavy atom. The molecule has 0 saturated heterocycles. The van der Waals surface area contributed by atoms with Crippen LogP contribution in [0.5, 0.6) is 0 Å².